The number of aromatic carboxylic acids is 1. The third-order valence-corrected chi connectivity index (χ3v) is 4.61. The van der Waals surface area contributed by atoms with E-state index in [2.05, 4.69) is 0 Å². The third kappa shape index (κ3) is 2.23. The summed E-state index contributed by atoms with van der Waals surface area (Å²) in [6.07, 6.45) is 0. The molecule has 22 heavy (non-hydrogen) atoms. The van der Waals surface area contributed by atoms with Gasteiger partial charge in [-0.15, -0.1) is 11.3 Å². The zero-order chi connectivity index (χ0) is 15.9. The molecule has 0 saturated heterocycles. The van der Waals surface area contributed by atoms with Crippen molar-refractivity contribution in [2.24, 2.45) is 0 Å². The van der Waals surface area contributed by atoms with Crippen molar-refractivity contribution in [3.63, 3.8) is 0 Å². The largest absolute Gasteiger partial charge is 0.478 e. The average Bonchev–Trinajstić information content (AvgIpc) is 2.86. The molecule has 5 nitrogen and oxygen atoms in total. The molecule has 0 aliphatic carbocycles. The van der Waals surface area contributed by atoms with Crippen LogP contribution in [-0.2, 0) is 0 Å². The van der Waals surface area contributed by atoms with E-state index in [4.69, 9.17) is 0 Å². The highest BCUT2D eigenvalue weighted by atomic mass is 32.1. The average molecular weight is 313 g/mol. The van der Waals surface area contributed by atoms with Crippen molar-refractivity contribution in [3.05, 3.63) is 63.7 Å². The van der Waals surface area contributed by atoms with E-state index in [0.717, 1.165) is 10.3 Å². The number of thiophene rings is 1. The fraction of sp³-hybridized carbons (Fsp3) is 0.0625. The number of carboxylic acids is 1. The maximum absolute atomic E-state index is 11.7. The Bertz CT molecular complexity index is 914. The van der Waals surface area contributed by atoms with Crippen molar-refractivity contribution >= 4 is 33.1 Å². The fourth-order valence-electron chi connectivity index (χ4n) is 2.43. The number of nitro benzene ring substituents is 1. The Kier molecular flexibility index (Phi) is 3.38. The van der Waals surface area contributed by atoms with Crippen LogP contribution in [0.3, 0.4) is 0 Å². The number of hydrogen-bond acceptors (Lipinski definition) is 4. The predicted molar refractivity (Wildman–Crippen MR) is 85.6 cm³/mol. The Morgan fingerprint density at radius 1 is 1.23 bits per heavy atom. The minimum atomic E-state index is -1.08. The van der Waals surface area contributed by atoms with Gasteiger partial charge in [-0.2, -0.15) is 0 Å². The van der Waals surface area contributed by atoms with Gasteiger partial charge in [0.05, 0.1) is 20.9 Å². The van der Waals surface area contributed by atoms with Gasteiger partial charge in [-0.3, -0.25) is 10.1 Å². The lowest BCUT2D eigenvalue weighted by atomic mass is 10.0. The molecule has 6 heteroatoms. The number of aryl methyl sites for hydroxylation is 1. The van der Waals surface area contributed by atoms with Gasteiger partial charge in [0.15, 0.2) is 0 Å². The summed E-state index contributed by atoms with van der Waals surface area (Å²) in [5, 5.41) is 21.4. The highest BCUT2D eigenvalue weighted by Crippen LogP contribution is 2.42. The first-order valence-electron chi connectivity index (χ1n) is 6.49. The molecule has 0 amide bonds. The number of hydrogen-bond donors (Lipinski definition) is 1. The molecule has 1 aromatic heterocycles. The second kappa shape index (κ2) is 5.23. The normalized spacial score (nSPS) is 10.8. The molecule has 0 aliphatic heterocycles. The first kappa shape index (κ1) is 14.2. The van der Waals surface area contributed by atoms with Crippen LogP contribution in [0.25, 0.3) is 20.5 Å². The van der Waals surface area contributed by atoms with Crippen LogP contribution in [0.2, 0.25) is 0 Å². The molecule has 2 aromatic carbocycles. The standard InChI is InChI=1S/C16H11NO4S/c1-9-6-7-10(12(8-9)17(20)21)15-14(16(18)19)11-4-2-3-5-13(11)22-15/h2-8H,1H3,(H,18,19). The Morgan fingerprint density at radius 3 is 2.64 bits per heavy atom. The molecular formula is C16H11NO4S. The number of carboxylic acid groups (broad SMARTS) is 1. The van der Waals surface area contributed by atoms with Crippen molar-refractivity contribution in [2.75, 3.05) is 0 Å². The number of nitro groups is 1. The molecule has 0 fully saturated rings. The molecule has 0 bridgehead atoms. The summed E-state index contributed by atoms with van der Waals surface area (Å²) in [6, 6.07) is 11.9. The van der Waals surface area contributed by atoms with Crippen molar-refractivity contribution in [1.82, 2.24) is 0 Å². The number of rotatable bonds is 3. The summed E-state index contributed by atoms with van der Waals surface area (Å²) in [7, 11) is 0. The number of carbonyl (C=O) groups is 1. The highest BCUT2D eigenvalue weighted by molar-refractivity contribution is 7.22. The van der Waals surface area contributed by atoms with Crippen molar-refractivity contribution < 1.29 is 14.8 Å². The van der Waals surface area contributed by atoms with Gasteiger partial charge >= 0.3 is 5.97 Å². The third-order valence-electron chi connectivity index (χ3n) is 3.40. The van der Waals surface area contributed by atoms with Crippen LogP contribution in [-0.4, -0.2) is 16.0 Å². The number of fused-ring (bicyclic) bond motifs is 1. The zero-order valence-electron chi connectivity index (χ0n) is 11.6. The maximum Gasteiger partial charge on any atom is 0.337 e. The molecule has 0 atom stereocenters. The molecule has 0 unspecified atom stereocenters. The molecule has 3 rings (SSSR count). The van der Waals surface area contributed by atoms with Gasteiger partial charge < -0.3 is 5.11 Å². The number of benzene rings is 2. The zero-order valence-corrected chi connectivity index (χ0v) is 12.4. The molecular weight excluding hydrogens is 302 g/mol. The summed E-state index contributed by atoms with van der Waals surface area (Å²) >= 11 is 1.26. The Morgan fingerprint density at radius 2 is 1.95 bits per heavy atom. The van der Waals surface area contributed by atoms with E-state index in [1.54, 1.807) is 31.2 Å². The van der Waals surface area contributed by atoms with E-state index in [1.165, 1.54) is 17.4 Å². The van der Waals surface area contributed by atoms with E-state index in [9.17, 15) is 20.0 Å². The molecule has 1 N–H and O–H groups in total. The van der Waals surface area contributed by atoms with E-state index < -0.39 is 10.9 Å². The van der Waals surface area contributed by atoms with Crippen molar-refractivity contribution in [1.29, 1.82) is 0 Å². The second-order valence-electron chi connectivity index (χ2n) is 4.89. The summed E-state index contributed by atoms with van der Waals surface area (Å²) in [6.45, 7) is 1.76. The van der Waals surface area contributed by atoms with E-state index >= 15 is 0 Å². The van der Waals surface area contributed by atoms with E-state index in [1.807, 2.05) is 12.1 Å². The Labute approximate surface area is 129 Å². The van der Waals surface area contributed by atoms with Gasteiger partial charge in [-0.1, -0.05) is 24.3 Å². The van der Waals surface area contributed by atoms with Crippen LogP contribution in [0, 0.1) is 17.0 Å². The minimum Gasteiger partial charge on any atom is -0.478 e. The van der Waals surface area contributed by atoms with Crippen LogP contribution in [0.5, 0.6) is 0 Å². The lowest BCUT2D eigenvalue weighted by molar-refractivity contribution is -0.384. The smallest absolute Gasteiger partial charge is 0.337 e. The van der Waals surface area contributed by atoms with Crippen LogP contribution in [0.1, 0.15) is 15.9 Å². The molecule has 0 aliphatic rings. The summed E-state index contributed by atoms with van der Waals surface area (Å²) < 4.78 is 0.796. The topological polar surface area (TPSA) is 80.4 Å². The van der Waals surface area contributed by atoms with Crippen molar-refractivity contribution in [2.45, 2.75) is 6.92 Å². The van der Waals surface area contributed by atoms with Crippen molar-refractivity contribution in [3.8, 4) is 10.4 Å². The molecule has 1 heterocycles. The number of nitrogens with zero attached hydrogens (tertiary/aromatic N) is 1. The first-order chi connectivity index (χ1) is 10.5. The molecule has 0 radical (unpaired) electrons. The Hall–Kier alpha value is -2.73. The summed E-state index contributed by atoms with van der Waals surface area (Å²) in [5.41, 5.74) is 1.14. The SMILES string of the molecule is Cc1ccc(-c2sc3ccccc3c2C(=O)O)c([N+](=O)[O-])c1. The summed E-state index contributed by atoms with van der Waals surface area (Å²) in [4.78, 5) is 22.9. The monoisotopic (exact) mass is 313 g/mol. The maximum atomic E-state index is 11.7. The van der Waals surface area contributed by atoms with E-state index in [0.29, 0.717) is 15.8 Å². The fourth-order valence-corrected chi connectivity index (χ4v) is 3.66. The van der Waals surface area contributed by atoms with Crippen LogP contribution < -0.4 is 0 Å². The molecule has 110 valence electrons. The highest BCUT2D eigenvalue weighted by Gasteiger charge is 2.24. The predicted octanol–water partition coefficient (Wildman–Crippen LogP) is 4.48. The van der Waals surface area contributed by atoms with Crippen LogP contribution in [0.15, 0.2) is 42.5 Å². The van der Waals surface area contributed by atoms with Gasteiger partial charge in [-0.25, -0.2) is 4.79 Å². The summed E-state index contributed by atoms with van der Waals surface area (Å²) in [5.74, 6) is -1.08. The van der Waals surface area contributed by atoms with Gasteiger partial charge in [0.1, 0.15) is 0 Å². The van der Waals surface area contributed by atoms with Crippen LogP contribution >= 0.6 is 11.3 Å². The van der Waals surface area contributed by atoms with Crippen LogP contribution in [0.4, 0.5) is 5.69 Å². The minimum absolute atomic E-state index is 0.0749. The van der Waals surface area contributed by atoms with Gasteiger partial charge in [0, 0.05) is 16.2 Å². The first-order valence-corrected chi connectivity index (χ1v) is 7.31. The van der Waals surface area contributed by atoms with E-state index in [-0.39, 0.29) is 11.3 Å². The van der Waals surface area contributed by atoms with Gasteiger partial charge in [-0.05, 0) is 24.6 Å². The quantitative estimate of drug-likeness (QED) is 0.571. The molecule has 3 aromatic rings. The second-order valence-corrected chi connectivity index (χ2v) is 5.94. The lowest BCUT2D eigenvalue weighted by Crippen LogP contribution is -1.99. The van der Waals surface area contributed by atoms with Gasteiger partial charge in [0.25, 0.3) is 5.69 Å². The lowest BCUT2D eigenvalue weighted by Gasteiger charge is -2.03. The molecule has 0 saturated carbocycles. The molecule has 0 spiro atoms. The van der Waals surface area contributed by atoms with Gasteiger partial charge in [0.2, 0.25) is 0 Å². The Balaban J connectivity index is 2.38.